The molecular weight excluding hydrogens is 462 g/mol. The Morgan fingerprint density at radius 1 is 0.892 bits per heavy atom. The highest BCUT2D eigenvalue weighted by Crippen LogP contribution is 2.28. The number of aromatic nitrogens is 2. The largest absolute Gasteiger partial charge is 0.457 e. The Kier molecular flexibility index (Phi) is 7.04. The maximum absolute atomic E-state index is 13.3. The summed E-state index contributed by atoms with van der Waals surface area (Å²) in [7, 11) is 0. The minimum atomic E-state index is 0.122. The number of rotatable bonds is 6. The molecule has 0 spiro atoms. The van der Waals surface area contributed by atoms with Gasteiger partial charge in [-0.1, -0.05) is 42.8 Å². The summed E-state index contributed by atoms with van der Waals surface area (Å²) in [4.78, 5) is 30.0. The molecule has 1 saturated carbocycles. The highest BCUT2D eigenvalue weighted by atomic mass is 16.5. The van der Waals surface area contributed by atoms with Gasteiger partial charge in [0.05, 0.1) is 12.1 Å². The fourth-order valence-corrected chi connectivity index (χ4v) is 5.55. The fraction of sp³-hybridized carbons (Fsp3) is 0.433. The molecule has 2 aliphatic heterocycles. The average Bonchev–Trinajstić information content (AvgIpc) is 3.12. The maximum atomic E-state index is 13.3. The van der Waals surface area contributed by atoms with E-state index in [0.29, 0.717) is 19.5 Å². The molecule has 3 aromatic rings. The first-order valence-corrected chi connectivity index (χ1v) is 13.7. The van der Waals surface area contributed by atoms with Crippen LogP contribution in [-0.4, -0.2) is 71.0 Å². The molecule has 2 aromatic carbocycles. The summed E-state index contributed by atoms with van der Waals surface area (Å²) < 4.78 is 6.08. The number of para-hydroxylation sites is 2. The highest BCUT2D eigenvalue weighted by molar-refractivity contribution is 5.79. The molecule has 3 heterocycles. The van der Waals surface area contributed by atoms with Crippen LogP contribution in [0.1, 0.15) is 36.1 Å². The molecule has 37 heavy (non-hydrogen) atoms. The molecule has 1 amide bonds. The van der Waals surface area contributed by atoms with Gasteiger partial charge in [0.25, 0.3) is 0 Å². The molecule has 0 N–H and O–H groups in total. The summed E-state index contributed by atoms with van der Waals surface area (Å²) in [6.07, 6.45) is 7.97. The molecule has 6 rings (SSSR count). The molecule has 2 fully saturated rings. The van der Waals surface area contributed by atoms with Crippen LogP contribution < -0.4 is 9.64 Å². The van der Waals surface area contributed by atoms with E-state index in [4.69, 9.17) is 14.7 Å². The number of amides is 1. The van der Waals surface area contributed by atoms with Gasteiger partial charge in [0.1, 0.15) is 11.5 Å². The van der Waals surface area contributed by atoms with Crippen LogP contribution in [0, 0.1) is 0 Å². The number of anilines is 1. The molecule has 0 atom stereocenters. The first-order chi connectivity index (χ1) is 18.2. The second kappa shape index (κ2) is 10.9. The lowest BCUT2D eigenvalue weighted by Crippen LogP contribution is -2.52. The molecule has 192 valence electrons. The van der Waals surface area contributed by atoms with Crippen molar-refractivity contribution in [2.75, 3.05) is 44.2 Å². The first-order valence-electron chi connectivity index (χ1n) is 13.7. The Bertz CT molecular complexity index is 1220. The summed E-state index contributed by atoms with van der Waals surface area (Å²) in [5.41, 5.74) is 3.16. The van der Waals surface area contributed by atoms with Gasteiger partial charge in [-0.05, 0) is 43.0 Å². The van der Waals surface area contributed by atoms with E-state index >= 15 is 0 Å². The van der Waals surface area contributed by atoms with E-state index in [1.807, 2.05) is 65.7 Å². The van der Waals surface area contributed by atoms with E-state index in [1.54, 1.807) is 0 Å². The van der Waals surface area contributed by atoms with E-state index in [1.165, 1.54) is 24.8 Å². The molecule has 7 nitrogen and oxygen atoms in total. The van der Waals surface area contributed by atoms with Crippen LogP contribution in [0.25, 0.3) is 0 Å². The standard InChI is InChI=1S/C30H35N5O2/c36-29(21-23-7-4-5-12-28(23)37-26-10-2-1-3-11-26)34-15-13-24-22-31-30(32-27(24)14-16-34)35-19-17-33(18-20-35)25-8-6-9-25/h1-5,7,10-12,22,25H,6,8-9,13-21H2. The average molecular weight is 498 g/mol. The molecule has 0 bridgehead atoms. The summed E-state index contributed by atoms with van der Waals surface area (Å²) in [5, 5.41) is 0. The van der Waals surface area contributed by atoms with Gasteiger partial charge < -0.3 is 14.5 Å². The van der Waals surface area contributed by atoms with E-state index in [2.05, 4.69) is 9.80 Å². The van der Waals surface area contributed by atoms with Crippen molar-refractivity contribution >= 4 is 11.9 Å². The van der Waals surface area contributed by atoms with Crippen LogP contribution in [0.4, 0.5) is 5.95 Å². The monoisotopic (exact) mass is 497 g/mol. The molecular formula is C30H35N5O2. The minimum absolute atomic E-state index is 0.122. The molecule has 7 heteroatoms. The predicted octanol–water partition coefficient (Wildman–Crippen LogP) is 4.11. The van der Waals surface area contributed by atoms with E-state index in [-0.39, 0.29) is 5.91 Å². The Labute approximate surface area is 219 Å². The van der Waals surface area contributed by atoms with Crippen LogP contribution in [-0.2, 0) is 24.1 Å². The summed E-state index contributed by atoms with van der Waals surface area (Å²) in [6, 6.07) is 18.3. The zero-order valence-electron chi connectivity index (χ0n) is 21.4. The van der Waals surface area contributed by atoms with E-state index in [0.717, 1.165) is 73.8 Å². The third kappa shape index (κ3) is 5.47. The number of ether oxygens (including phenoxy) is 1. The van der Waals surface area contributed by atoms with E-state index in [9.17, 15) is 4.79 Å². The lowest BCUT2D eigenvalue weighted by Gasteiger charge is -2.43. The Hall–Kier alpha value is -3.45. The third-order valence-corrected chi connectivity index (χ3v) is 8.04. The van der Waals surface area contributed by atoms with Crippen LogP contribution in [0.2, 0.25) is 0 Å². The van der Waals surface area contributed by atoms with Crippen molar-refractivity contribution in [1.29, 1.82) is 0 Å². The molecule has 1 aliphatic carbocycles. The van der Waals surface area contributed by atoms with Gasteiger partial charge in [-0.2, -0.15) is 0 Å². The number of piperazine rings is 1. The lowest BCUT2D eigenvalue weighted by molar-refractivity contribution is -0.130. The number of carbonyl (C=O) groups excluding carboxylic acids is 1. The maximum Gasteiger partial charge on any atom is 0.227 e. The number of hydrogen-bond donors (Lipinski definition) is 0. The first kappa shape index (κ1) is 23.9. The summed E-state index contributed by atoms with van der Waals surface area (Å²) in [6.45, 7) is 5.55. The Morgan fingerprint density at radius 2 is 1.65 bits per heavy atom. The second-order valence-corrected chi connectivity index (χ2v) is 10.3. The van der Waals surface area contributed by atoms with Crippen molar-refractivity contribution in [1.82, 2.24) is 19.8 Å². The van der Waals surface area contributed by atoms with Crippen LogP contribution in [0.3, 0.4) is 0 Å². The van der Waals surface area contributed by atoms with Gasteiger partial charge >= 0.3 is 0 Å². The van der Waals surface area contributed by atoms with Gasteiger partial charge in [0.2, 0.25) is 11.9 Å². The second-order valence-electron chi connectivity index (χ2n) is 10.3. The fourth-order valence-electron chi connectivity index (χ4n) is 5.55. The van der Waals surface area contributed by atoms with Crippen molar-refractivity contribution in [2.24, 2.45) is 0 Å². The lowest BCUT2D eigenvalue weighted by atomic mass is 9.91. The molecule has 3 aliphatic rings. The van der Waals surface area contributed by atoms with Gasteiger partial charge in [-0.25, -0.2) is 9.97 Å². The predicted molar refractivity (Wildman–Crippen MR) is 144 cm³/mol. The van der Waals surface area contributed by atoms with Crippen LogP contribution >= 0.6 is 0 Å². The van der Waals surface area contributed by atoms with Crippen LogP contribution in [0.15, 0.2) is 60.8 Å². The summed E-state index contributed by atoms with van der Waals surface area (Å²) >= 11 is 0. The van der Waals surface area contributed by atoms with Crippen molar-refractivity contribution in [3.8, 4) is 11.5 Å². The zero-order valence-corrected chi connectivity index (χ0v) is 21.4. The number of nitrogens with zero attached hydrogens (tertiary/aromatic N) is 5. The zero-order chi connectivity index (χ0) is 25.0. The number of carbonyl (C=O) groups is 1. The van der Waals surface area contributed by atoms with E-state index < -0.39 is 0 Å². The number of hydrogen-bond acceptors (Lipinski definition) is 6. The van der Waals surface area contributed by atoms with Gasteiger partial charge in [0.15, 0.2) is 0 Å². The van der Waals surface area contributed by atoms with Crippen LogP contribution in [0.5, 0.6) is 11.5 Å². The third-order valence-electron chi connectivity index (χ3n) is 8.04. The molecule has 1 aromatic heterocycles. The topological polar surface area (TPSA) is 61.8 Å². The Balaban J connectivity index is 1.08. The molecule has 0 unspecified atom stereocenters. The number of benzene rings is 2. The minimum Gasteiger partial charge on any atom is -0.457 e. The van der Waals surface area contributed by atoms with Crippen molar-refractivity contribution in [3.05, 3.63) is 77.6 Å². The quantitative estimate of drug-likeness (QED) is 0.511. The highest BCUT2D eigenvalue weighted by Gasteiger charge is 2.29. The van der Waals surface area contributed by atoms with Crippen molar-refractivity contribution in [2.45, 2.75) is 44.6 Å². The van der Waals surface area contributed by atoms with Crippen molar-refractivity contribution < 1.29 is 9.53 Å². The van der Waals surface area contributed by atoms with Gasteiger partial charge in [0, 0.05) is 63.5 Å². The van der Waals surface area contributed by atoms with Gasteiger partial charge in [-0.15, -0.1) is 0 Å². The molecule has 0 radical (unpaired) electrons. The number of fused-ring (bicyclic) bond motifs is 1. The smallest absolute Gasteiger partial charge is 0.227 e. The van der Waals surface area contributed by atoms with Crippen molar-refractivity contribution in [3.63, 3.8) is 0 Å². The van der Waals surface area contributed by atoms with Gasteiger partial charge in [-0.3, -0.25) is 9.69 Å². The normalized spacial score (nSPS) is 18.6. The summed E-state index contributed by atoms with van der Waals surface area (Å²) in [5.74, 6) is 2.47. The Morgan fingerprint density at radius 3 is 2.43 bits per heavy atom. The SMILES string of the molecule is O=C(Cc1ccccc1Oc1ccccc1)N1CCc2cnc(N3CCN(C4CCC4)CC3)nc2CC1. The molecule has 1 saturated heterocycles.